The van der Waals surface area contributed by atoms with Crippen molar-refractivity contribution in [1.29, 1.82) is 0 Å². The second-order valence-corrected chi connectivity index (χ2v) is 7.31. The Bertz CT molecular complexity index is 265. The van der Waals surface area contributed by atoms with Crippen LogP contribution in [0.4, 0.5) is 0 Å². The topological polar surface area (TPSA) is 87.0 Å². The third-order valence-corrected chi connectivity index (χ3v) is 2.31. The van der Waals surface area contributed by atoms with Gasteiger partial charge in [0.1, 0.15) is 19.7 Å². The third-order valence-electron chi connectivity index (χ3n) is 1.79. The van der Waals surface area contributed by atoms with Crippen LogP contribution < -0.4 is 0 Å². The van der Waals surface area contributed by atoms with E-state index in [1.54, 1.807) is 0 Å². The Morgan fingerprint density at radius 1 is 0.950 bits per heavy atom. The van der Waals surface area contributed by atoms with Crippen LogP contribution in [0.5, 0.6) is 0 Å². The fourth-order valence-electron chi connectivity index (χ4n) is 0.734. The molecule has 0 aliphatic carbocycles. The number of hydrogen-bond donors (Lipinski definition) is 3. The first-order valence-electron chi connectivity index (χ1n) is 5.69. The average Bonchev–Trinajstić information content (AvgIpc) is 1.96. The molecule has 0 aliphatic rings. The van der Waals surface area contributed by atoms with E-state index in [1.807, 2.05) is 21.1 Å². The molecule has 0 atom stereocenters. The van der Waals surface area contributed by atoms with Crippen molar-refractivity contribution in [2.45, 2.75) is 0 Å². The molecular formula is C10H32CaClN2O5P+2. The predicted octanol–water partition coefficient (Wildman–Crippen LogP) is -1.01. The van der Waals surface area contributed by atoms with Crippen LogP contribution in [0.2, 0.25) is 0 Å². The zero-order valence-electron chi connectivity index (χ0n) is 12.7. The molecule has 124 valence electrons. The zero-order chi connectivity index (χ0) is 15.0. The summed E-state index contributed by atoms with van der Waals surface area (Å²) in [4.78, 5) is 16.6. The number of aliphatic hydroxyl groups excluding tert-OH is 1. The van der Waals surface area contributed by atoms with Crippen LogP contribution in [0.15, 0.2) is 0 Å². The van der Waals surface area contributed by atoms with Gasteiger partial charge in [-0.25, -0.2) is 4.57 Å². The molecule has 0 rings (SSSR count). The molecule has 0 aliphatic heterocycles. The Hall–Kier alpha value is 1.54. The first-order valence-corrected chi connectivity index (χ1v) is 7.22. The van der Waals surface area contributed by atoms with Gasteiger partial charge in [0.25, 0.3) is 0 Å². The molecule has 0 amide bonds. The van der Waals surface area contributed by atoms with Crippen LogP contribution in [0.3, 0.4) is 0 Å². The number of phosphoric acid groups is 1. The summed E-state index contributed by atoms with van der Waals surface area (Å²) in [7, 11) is 7.65. The number of rotatable bonds is 6. The van der Waals surface area contributed by atoms with Crippen LogP contribution in [-0.4, -0.2) is 130 Å². The molecule has 0 heterocycles. The molecule has 0 aromatic rings. The van der Waals surface area contributed by atoms with E-state index in [1.165, 1.54) is 0 Å². The van der Waals surface area contributed by atoms with Crippen LogP contribution in [0.25, 0.3) is 0 Å². The van der Waals surface area contributed by atoms with Crippen molar-refractivity contribution in [3.63, 3.8) is 0 Å². The molecular weight excluding hydrogens is 335 g/mol. The van der Waals surface area contributed by atoms with Gasteiger partial charge >= 0.3 is 45.6 Å². The van der Waals surface area contributed by atoms with Gasteiger partial charge in [0.2, 0.25) is 0 Å². The molecule has 20 heavy (non-hydrogen) atoms. The van der Waals surface area contributed by atoms with Crippen molar-refractivity contribution < 1.29 is 32.9 Å². The Morgan fingerprint density at radius 2 is 1.30 bits per heavy atom. The molecule has 0 aromatic carbocycles. The summed E-state index contributed by atoms with van der Waals surface area (Å²) >= 11 is 0. The Kier molecular flexibility index (Phi) is 19.2. The zero-order valence-corrected chi connectivity index (χ0v) is 14.4. The number of quaternary nitrogens is 2. The van der Waals surface area contributed by atoms with Gasteiger partial charge < -0.3 is 23.9 Å². The summed E-state index contributed by atoms with van der Waals surface area (Å²) in [5, 5.41) is 8.39. The molecule has 0 fully saturated rings. The normalized spacial score (nSPS) is 11.7. The second kappa shape index (κ2) is 13.0. The molecule has 0 radical (unpaired) electrons. The monoisotopic (exact) mass is 366 g/mol. The van der Waals surface area contributed by atoms with Crippen LogP contribution in [0, 0.1) is 0 Å². The van der Waals surface area contributed by atoms with E-state index >= 15 is 0 Å². The van der Waals surface area contributed by atoms with Gasteiger partial charge in [-0.3, -0.25) is 4.52 Å². The quantitative estimate of drug-likeness (QED) is 0.319. The number of hydrogen-bond acceptors (Lipinski definition) is 3. The molecule has 0 spiro atoms. The fourth-order valence-corrected chi connectivity index (χ4v) is 1.05. The third kappa shape index (κ3) is 36.6. The van der Waals surface area contributed by atoms with Crippen molar-refractivity contribution in [2.75, 3.05) is 68.6 Å². The van der Waals surface area contributed by atoms with Gasteiger partial charge in [-0.2, -0.15) is 0 Å². The summed E-state index contributed by atoms with van der Waals surface area (Å²) in [5.74, 6) is 0. The van der Waals surface area contributed by atoms with Gasteiger partial charge in [0, 0.05) is 0 Å². The standard InChI is InChI=1S/C5H14NO4P.C5H14NO.Ca.ClH.2H/c1-6(2,3)4-5-10-11(7,8)9;1-6(2,3)4-5-7;;;;/h4-5H2,1-3H3,(H-,7,8,9);7H,4-5H2,1-3H3;;1H;;/q;+1;;;;/p+1. The van der Waals surface area contributed by atoms with Gasteiger partial charge in [-0.15, -0.1) is 12.4 Å². The van der Waals surface area contributed by atoms with Crippen molar-refractivity contribution >= 4 is 58.0 Å². The average molecular weight is 367 g/mol. The summed E-state index contributed by atoms with van der Waals surface area (Å²) in [6, 6.07) is 0. The Labute approximate surface area is 158 Å². The fraction of sp³-hybridized carbons (Fsp3) is 1.00. The minimum atomic E-state index is -4.26. The van der Waals surface area contributed by atoms with E-state index < -0.39 is 7.82 Å². The Balaban J connectivity index is -0.000000126. The maximum atomic E-state index is 10.2. The molecule has 0 saturated carbocycles. The van der Waals surface area contributed by atoms with E-state index in [4.69, 9.17) is 14.9 Å². The van der Waals surface area contributed by atoms with Crippen LogP contribution >= 0.6 is 20.2 Å². The van der Waals surface area contributed by atoms with Gasteiger partial charge in [-0.1, -0.05) is 0 Å². The maximum absolute atomic E-state index is 10.2. The summed E-state index contributed by atoms with van der Waals surface area (Å²) < 4.78 is 15.9. The number of aliphatic hydroxyl groups is 1. The first-order chi connectivity index (χ1) is 7.77. The minimum absolute atomic E-state index is 0. The summed E-state index contributed by atoms with van der Waals surface area (Å²) in [5.41, 5.74) is 0. The first kappa shape index (κ1) is 29.5. The molecule has 10 heteroatoms. The molecule has 3 N–H and O–H groups in total. The van der Waals surface area contributed by atoms with E-state index in [9.17, 15) is 4.57 Å². The predicted molar refractivity (Wildman–Crippen MR) is 86.7 cm³/mol. The van der Waals surface area contributed by atoms with Crippen molar-refractivity contribution in [3.05, 3.63) is 0 Å². The Morgan fingerprint density at radius 3 is 1.45 bits per heavy atom. The van der Waals surface area contributed by atoms with E-state index in [0.717, 1.165) is 11.0 Å². The molecule has 0 bridgehead atoms. The van der Waals surface area contributed by atoms with Crippen molar-refractivity contribution in [3.8, 4) is 0 Å². The van der Waals surface area contributed by atoms with E-state index in [2.05, 4.69) is 25.7 Å². The number of nitrogens with zero attached hydrogens (tertiary/aromatic N) is 2. The molecule has 0 unspecified atom stereocenters. The van der Waals surface area contributed by atoms with Gasteiger partial charge in [0.05, 0.1) is 48.9 Å². The van der Waals surface area contributed by atoms with Crippen LogP contribution in [-0.2, 0) is 9.09 Å². The second-order valence-electron chi connectivity index (χ2n) is 6.08. The number of likely N-dealkylation sites (N-methyl/N-ethyl adjacent to an activating group) is 2. The van der Waals surface area contributed by atoms with E-state index in [0.29, 0.717) is 11.0 Å². The number of halogens is 1. The SMILES string of the molecule is C[N+](C)(C)CCO.C[N+](C)(C)CCOP(=O)(O)O.Cl.[CaH2]. The van der Waals surface area contributed by atoms with Crippen LogP contribution in [0.1, 0.15) is 0 Å². The molecule has 0 aromatic heterocycles. The molecule has 7 nitrogen and oxygen atoms in total. The van der Waals surface area contributed by atoms with Gasteiger partial charge in [0.15, 0.2) is 0 Å². The van der Waals surface area contributed by atoms with Crippen molar-refractivity contribution in [2.24, 2.45) is 0 Å². The van der Waals surface area contributed by atoms with Gasteiger partial charge in [-0.05, 0) is 0 Å². The summed E-state index contributed by atoms with van der Waals surface area (Å²) in [6.45, 7) is 1.77. The summed E-state index contributed by atoms with van der Waals surface area (Å²) in [6.07, 6.45) is 0. The van der Waals surface area contributed by atoms with E-state index in [-0.39, 0.29) is 63.4 Å². The van der Waals surface area contributed by atoms with Crippen molar-refractivity contribution in [1.82, 2.24) is 0 Å². The molecule has 0 saturated heterocycles. The number of phosphoric ester groups is 1.